The van der Waals surface area contributed by atoms with Gasteiger partial charge in [0.05, 0.1) is 17.6 Å². The molecule has 0 aliphatic rings. The van der Waals surface area contributed by atoms with Crippen LogP contribution in [0.3, 0.4) is 0 Å². The molecule has 1 amide bonds. The van der Waals surface area contributed by atoms with Gasteiger partial charge >= 0.3 is 0 Å². The Morgan fingerprint density at radius 2 is 1.74 bits per heavy atom. The van der Waals surface area contributed by atoms with Crippen LogP contribution in [0.1, 0.15) is 36.7 Å². The number of hydrogen-bond acceptors (Lipinski definition) is 3. The van der Waals surface area contributed by atoms with Gasteiger partial charge in [-0.2, -0.15) is 0 Å². The fraction of sp³-hybridized carbons (Fsp3) is 0.241. The maximum atomic E-state index is 12.2. The fourth-order valence-corrected chi connectivity index (χ4v) is 3.99. The van der Waals surface area contributed by atoms with Crippen LogP contribution >= 0.6 is 0 Å². The standard InChI is InChI=1S/C29H31N3O2/c1-22(2)24-12-6-9-15-27(24)34-21-20-32-26-14-8-7-13-25(26)31-28(32)18-19-30-29(33)17-16-23-10-4-3-5-11-23/h3-17,22H,18-21H2,1-2H3,(H,30,33)/b17-16+. The minimum absolute atomic E-state index is 0.111. The van der Waals surface area contributed by atoms with Crippen molar-refractivity contribution in [1.82, 2.24) is 14.9 Å². The number of nitrogens with zero attached hydrogens (tertiary/aromatic N) is 2. The van der Waals surface area contributed by atoms with E-state index in [9.17, 15) is 4.79 Å². The lowest BCUT2D eigenvalue weighted by Crippen LogP contribution is -2.25. The highest BCUT2D eigenvalue weighted by atomic mass is 16.5. The first-order valence-electron chi connectivity index (χ1n) is 11.8. The van der Waals surface area contributed by atoms with Crippen LogP contribution in [0.4, 0.5) is 0 Å². The Hall–Kier alpha value is -3.86. The van der Waals surface area contributed by atoms with E-state index in [1.54, 1.807) is 6.08 Å². The summed E-state index contributed by atoms with van der Waals surface area (Å²) in [6.45, 7) is 6.09. The van der Waals surface area contributed by atoms with Crippen molar-refractivity contribution in [3.8, 4) is 5.75 Å². The zero-order chi connectivity index (χ0) is 23.8. The third-order valence-electron chi connectivity index (χ3n) is 5.72. The van der Waals surface area contributed by atoms with Gasteiger partial charge in [-0.1, -0.05) is 74.5 Å². The molecule has 0 aliphatic carbocycles. The highest BCUT2D eigenvalue weighted by molar-refractivity contribution is 5.91. The van der Waals surface area contributed by atoms with E-state index in [4.69, 9.17) is 9.72 Å². The molecular weight excluding hydrogens is 422 g/mol. The fourth-order valence-electron chi connectivity index (χ4n) is 3.99. The topological polar surface area (TPSA) is 56.1 Å². The Morgan fingerprint density at radius 1 is 1.00 bits per heavy atom. The predicted molar refractivity (Wildman–Crippen MR) is 138 cm³/mol. The molecule has 0 radical (unpaired) electrons. The summed E-state index contributed by atoms with van der Waals surface area (Å²) < 4.78 is 8.36. The minimum atomic E-state index is -0.111. The molecule has 4 rings (SSSR count). The van der Waals surface area contributed by atoms with E-state index in [1.165, 1.54) is 5.56 Å². The highest BCUT2D eigenvalue weighted by Gasteiger charge is 2.12. The van der Waals surface area contributed by atoms with E-state index >= 15 is 0 Å². The number of imidazole rings is 1. The summed E-state index contributed by atoms with van der Waals surface area (Å²) in [5, 5.41) is 2.96. The number of fused-ring (bicyclic) bond motifs is 1. The van der Waals surface area contributed by atoms with Gasteiger partial charge < -0.3 is 14.6 Å². The van der Waals surface area contributed by atoms with Gasteiger partial charge in [0, 0.05) is 19.0 Å². The summed E-state index contributed by atoms with van der Waals surface area (Å²) in [6, 6.07) is 26.1. The van der Waals surface area contributed by atoms with Gasteiger partial charge in [-0.25, -0.2) is 4.98 Å². The number of carbonyl (C=O) groups is 1. The summed E-state index contributed by atoms with van der Waals surface area (Å²) in [4.78, 5) is 17.0. The number of hydrogen-bond donors (Lipinski definition) is 1. The summed E-state index contributed by atoms with van der Waals surface area (Å²) in [7, 11) is 0. The van der Waals surface area contributed by atoms with Crippen LogP contribution in [0.15, 0.2) is 84.9 Å². The van der Waals surface area contributed by atoms with Gasteiger partial charge in [0.25, 0.3) is 0 Å². The van der Waals surface area contributed by atoms with Gasteiger partial charge in [-0.15, -0.1) is 0 Å². The molecule has 1 aromatic heterocycles. The maximum Gasteiger partial charge on any atom is 0.244 e. The predicted octanol–water partition coefficient (Wildman–Crippen LogP) is 5.61. The summed E-state index contributed by atoms with van der Waals surface area (Å²) >= 11 is 0. The Bertz CT molecular complexity index is 1260. The number of benzene rings is 3. The molecule has 0 unspecified atom stereocenters. The Morgan fingerprint density at radius 3 is 2.56 bits per heavy atom. The Balaban J connectivity index is 1.39. The van der Waals surface area contributed by atoms with E-state index in [1.807, 2.05) is 72.8 Å². The summed E-state index contributed by atoms with van der Waals surface area (Å²) in [5.74, 6) is 2.16. The number of para-hydroxylation sites is 3. The minimum Gasteiger partial charge on any atom is -0.491 e. The van der Waals surface area contributed by atoms with Crippen molar-refractivity contribution >= 4 is 23.0 Å². The van der Waals surface area contributed by atoms with Gasteiger partial charge in [0.2, 0.25) is 5.91 Å². The molecule has 5 nitrogen and oxygen atoms in total. The first-order valence-corrected chi connectivity index (χ1v) is 11.8. The second-order valence-corrected chi connectivity index (χ2v) is 8.49. The van der Waals surface area contributed by atoms with E-state index < -0.39 is 0 Å². The molecule has 1 N–H and O–H groups in total. The first kappa shape index (κ1) is 23.3. The van der Waals surface area contributed by atoms with Crippen molar-refractivity contribution in [2.45, 2.75) is 32.7 Å². The molecule has 0 fully saturated rings. The first-order chi connectivity index (χ1) is 16.6. The normalized spacial score (nSPS) is 11.4. The maximum absolute atomic E-state index is 12.2. The zero-order valence-electron chi connectivity index (χ0n) is 19.8. The largest absolute Gasteiger partial charge is 0.491 e. The lowest BCUT2D eigenvalue weighted by atomic mass is 10.0. The van der Waals surface area contributed by atoms with E-state index in [0.29, 0.717) is 32.0 Å². The monoisotopic (exact) mass is 453 g/mol. The van der Waals surface area contributed by atoms with Gasteiger partial charge in [0.15, 0.2) is 0 Å². The number of ether oxygens (including phenoxy) is 1. The molecule has 0 spiro atoms. The second kappa shape index (κ2) is 11.3. The van der Waals surface area contributed by atoms with Crippen molar-refractivity contribution in [2.24, 2.45) is 0 Å². The molecule has 0 atom stereocenters. The number of rotatable bonds is 10. The molecule has 3 aromatic carbocycles. The molecule has 0 saturated heterocycles. The Kier molecular flexibility index (Phi) is 7.76. The van der Waals surface area contributed by atoms with Crippen LogP contribution in [0.25, 0.3) is 17.1 Å². The average Bonchev–Trinajstić information content (AvgIpc) is 3.21. The van der Waals surface area contributed by atoms with Crippen LogP contribution in [0, 0.1) is 0 Å². The third kappa shape index (κ3) is 5.93. The SMILES string of the molecule is CC(C)c1ccccc1OCCn1c(CCNC(=O)/C=C/c2ccccc2)nc2ccccc21. The number of amides is 1. The van der Waals surface area contributed by atoms with Crippen LogP contribution in [0.5, 0.6) is 5.75 Å². The molecule has 174 valence electrons. The molecule has 34 heavy (non-hydrogen) atoms. The summed E-state index contributed by atoms with van der Waals surface area (Å²) in [6.07, 6.45) is 4.03. The quantitative estimate of drug-likeness (QED) is 0.318. The van der Waals surface area contributed by atoms with E-state index in [0.717, 1.165) is 28.2 Å². The molecule has 1 heterocycles. The number of aromatic nitrogens is 2. The molecule has 5 heteroatoms. The molecule has 0 saturated carbocycles. The average molecular weight is 454 g/mol. The van der Waals surface area contributed by atoms with Crippen molar-refractivity contribution in [2.75, 3.05) is 13.2 Å². The van der Waals surface area contributed by atoms with Gasteiger partial charge in [-0.3, -0.25) is 4.79 Å². The lowest BCUT2D eigenvalue weighted by Gasteiger charge is -2.15. The number of carbonyl (C=O) groups excluding carboxylic acids is 1. The highest BCUT2D eigenvalue weighted by Crippen LogP contribution is 2.26. The van der Waals surface area contributed by atoms with E-state index in [-0.39, 0.29) is 5.91 Å². The molecule has 4 aromatic rings. The third-order valence-corrected chi connectivity index (χ3v) is 5.72. The van der Waals surface area contributed by atoms with Crippen LogP contribution in [0.2, 0.25) is 0 Å². The number of nitrogens with one attached hydrogen (secondary N) is 1. The smallest absolute Gasteiger partial charge is 0.244 e. The molecule has 0 bridgehead atoms. The van der Waals surface area contributed by atoms with E-state index in [2.05, 4.69) is 35.9 Å². The zero-order valence-corrected chi connectivity index (χ0v) is 19.8. The van der Waals surface area contributed by atoms with Gasteiger partial charge in [0.1, 0.15) is 18.2 Å². The van der Waals surface area contributed by atoms with Crippen LogP contribution in [-0.4, -0.2) is 28.6 Å². The van der Waals surface area contributed by atoms with Crippen molar-refractivity contribution in [3.63, 3.8) is 0 Å². The molecular formula is C29H31N3O2. The second-order valence-electron chi connectivity index (χ2n) is 8.49. The van der Waals surface area contributed by atoms with Crippen molar-refractivity contribution in [1.29, 1.82) is 0 Å². The lowest BCUT2D eigenvalue weighted by molar-refractivity contribution is -0.116. The van der Waals surface area contributed by atoms with Crippen LogP contribution in [-0.2, 0) is 17.8 Å². The van der Waals surface area contributed by atoms with Gasteiger partial charge in [-0.05, 0) is 41.3 Å². The van der Waals surface area contributed by atoms with Crippen molar-refractivity contribution < 1.29 is 9.53 Å². The Labute approximate surface area is 201 Å². The summed E-state index contributed by atoms with van der Waals surface area (Å²) in [5.41, 5.74) is 4.24. The van der Waals surface area contributed by atoms with Crippen molar-refractivity contribution in [3.05, 3.63) is 102 Å². The van der Waals surface area contributed by atoms with Crippen LogP contribution < -0.4 is 10.1 Å². The molecule has 0 aliphatic heterocycles.